The van der Waals surface area contributed by atoms with E-state index in [2.05, 4.69) is 105 Å². The standard InChI is InChI=1S/C25H16Br2O/c26-19-11-13-23-21(15-19)25(17-7-3-1-4-8-17,18-9-5-2-6-10-18)22-16-20(27)12-14-24(22)28-23/h1-16H. The van der Waals surface area contributed by atoms with Gasteiger partial charge in [-0.05, 0) is 47.5 Å². The Kier molecular flexibility index (Phi) is 4.37. The van der Waals surface area contributed by atoms with E-state index in [4.69, 9.17) is 4.74 Å². The first-order valence-corrected chi connectivity index (χ1v) is 10.7. The first-order chi connectivity index (χ1) is 13.7. The maximum absolute atomic E-state index is 6.34. The van der Waals surface area contributed by atoms with Gasteiger partial charge >= 0.3 is 0 Å². The lowest BCUT2D eigenvalue weighted by atomic mass is 9.64. The first-order valence-electron chi connectivity index (χ1n) is 9.08. The van der Waals surface area contributed by atoms with E-state index in [0.717, 1.165) is 31.6 Å². The molecule has 0 saturated carbocycles. The summed E-state index contributed by atoms with van der Waals surface area (Å²) in [5, 5.41) is 0. The number of fused-ring (bicyclic) bond motifs is 2. The Morgan fingerprint density at radius 2 is 0.964 bits per heavy atom. The first kappa shape index (κ1) is 17.7. The second-order valence-corrected chi connectivity index (χ2v) is 8.70. The van der Waals surface area contributed by atoms with Crippen molar-refractivity contribution in [1.29, 1.82) is 0 Å². The van der Waals surface area contributed by atoms with Gasteiger partial charge in [-0.3, -0.25) is 0 Å². The van der Waals surface area contributed by atoms with Gasteiger partial charge in [-0.15, -0.1) is 0 Å². The Morgan fingerprint density at radius 3 is 1.39 bits per heavy atom. The van der Waals surface area contributed by atoms with Gasteiger partial charge in [0, 0.05) is 20.1 Å². The lowest BCUT2D eigenvalue weighted by Gasteiger charge is -2.41. The molecular formula is C25H16Br2O. The van der Waals surface area contributed by atoms with Crippen LogP contribution < -0.4 is 4.74 Å². The predicted molar refractivity (Wildman–Crippen MR) is 120 cm³/mol. The summed E-state index contributed by atoms with van der Waals surface area (Å²) in [6.45, 7) is 0. The molecule has 0 atom stereocenters. The van der Waals surface area contributed by atoms with Crippen molar-refractivity contribution < 1.29 is 4.74 Å². The van der Waals surface area contributed by atoms with E-state index >= 15 is 0 Å². The van der Waals surface area contributed by atoms with Gasteiger partial charge in [0.25, 0.3) is 0 Å². The van der Waals surface area contributed by atoms with Crippen molar-refractivity contribution in [3.05, 3.63) is 128 Å². The SMILES string of the molecule is Brc1ccc2c(c1)C(c1ccccc1)(c1ccccc1)c1cc(Br)ccc1O2. The van der Waals surface area contributed by atoms with Crippen molar-refractivity contribution in [2.24, 2.45) is 0 Å². The molecule has 0 aliphatic carbocycles. The van der Waals surface area contributed by atoms with Gasteiger partial charge in [0.2, 0.25) is 0 Å². The fraction of sp³-hybridized carbons (Fsp3) is 0.0400. The van der Waals surface area contributed by atoms with Crippen LogP contribution in [0.3, 0.4) is 0 Å². The molecule has 0 spiro atoms. The molecule has 5 rings (SSSR count). The molecule has 0 amide bonds. The summed E-state index contributed by atoms with van der Waals surface area (Å²) < 4.78 is 8.41. The van der Waals surface area contributed by atoms with Crippen LogP contribution in [0, 0.1) is 0 Å². The molecule has 1 aliphatic heterocycles. The van der Waals surface area contributed by atoms with E-state index in [-0.39, 0.29) is 0 Å². The third kappa shape index (κ3) is 2.65. The van der Waals surface area contributed by atoms with Crippen molar-refractivity contribution in [3.8, 4) is 11.5 Å². The highest BCUT2D eigenvalue weighted by atomic mass is 79.9. The van der Waals surface area contributed by atoms with Crippen LogP contribution in [-0.2, 0) is 5.41 Å². The van der Waals surface area contributed by atoms with E-state index in [1.165, 1.54) is 11.1 Å². The number of ether oxygens (including phenoxy) is 1. The van der Waals surface area contributed by atoms with Gasteiger partial charge in [0.15, 0.2) is 0 Å². The normalized spacial score (nSPS) is 13.9. The fourth-order valence-corrected chi connectivity index (χ4v) is 4.92. The van der Waals surface area contributed by atoms with E-state index in [1.54, 1.807) is 0 Å². The Labute approximate surface area is 181 Å². The van der Waals surface area contributed by atoms with Gasteiger partial charge in [0.05, 0.1) is 5.41 Å². The zero-order valence-corrected chi connectivity index (χ0v) is 18.1. The van der Waals surface area contributed by atoms with Crippen LogP contribution >= 0.6 is 31.9 Å². The molecule has 28 heavy (non-hydrogen) atoms. The summed E-state index contributed by atoms with van der Waals surface area (Å²) in [5.41, 5.74) is 4.21. The zero-order chi connectivity index (χ0) is 19.1. The fourth-order valence-electron chi connectivity index (χ4n) is 4.20. The summed E-state index contributed by atoms with van der Waals surface area (Å²) in [6, 6.07) is 33.9. The number of benzene rings is 4. The molecular weight excluding hydrogens is 476 g/mol. The van der Waals surface area contributed by atoms with Crippen LogP contribution in [0.4, 0.5) is 0 Å². The Hall–Kier alpha value is -2.36. The van der Waals surface area contributed by atoms with Crippen molar-refractivity contribution >= 4 is 31.9 Å². The largest absolute Gasteiger partial charge is 0.457 e. The minimum absolute atomic E-state index is 0.473. The van der Waals surface area contributed by atoms with Gasteiger partial charge in [-0.2, -0.15) is 0 Å². The van der Waals surface area contributed by atoms with Crippen LogP contribution in [0.1, 0.15) is 22.3 Å². The van der Waals surface area contributed by atoms with Crippen LogP contribution in [0.15, 0.2) is 106 Å². The average Bonchev–Trinajstić information content (AvgIpc) is 2.74. The summed E-state index contributed by atoms with van der Waals surface area (Å²) >= 11 is 7.35. The molecule has 4 aromatic rings. The van der Waals surface area contributed by atoms with Gasteiger partial charge in [0.1, 0.15) is 11.5 Å². The zero-order valence-electron chi connectivity index (χ0n) is 14.9. The average molecular weight is 492 g/mol. The highest BCUT2D eigenvalue weighted by molar-refractivity contribution is 9.10. The number of hydrogen-bond acceptors (Lipinski definition) is 1. The quantitative estimate of drug-likeness (QED) is 0.246. The Bertz CT molecular complexity index is 1060. The Balaban J connectivity index is 1.99. The van der Waals surface area contributed by atoms with Crippen LogP contribution in [0.5, 0.6) is 11.5 Å². The predicted octanol–water partition coefficient (Wildman–Crippen LogP) is 7.70. The molecule has 0 unspecified atom stereocenters. The topological polar surface area (TPSA) is 9.23 Å². The van der Waals surface area contributed by atoms with Crippen molar-refractivity contribution in [2.45, 2.75) is 5.41 Å². The molecule has 0 aromatic heterocycles. The van der Waals surface area contributed by atoms with Crippen molar-refractivity contribution in [2.75, 3.05) is 0 Å². The number of hydrogen-bond donors (Lipinski definition) is 0. The molecule has 0 fully saturated rings. The van der Waals surface area contributed by atoms with E-state index < -0.39 is 5.41 Å². The Morgan fingerprint density at radius 1 is 0.536 bits per heavy atom. The molecule has 1 nitrogen and oxygen atoms in total. The third-order valence-corrected chi connectivity index (χ3v) is 6.31. The maximum atomic E-state index is 6.34. The molecule has 136 valence electrons. The summed E-state index contributed by atoms with van der Waals surface area (Å²) in [6.07, 6.45) is 0. The van der Waals surface area contributed by atoms with Crippen molar-refractivity contribution in [1.82, 2.24) is 0 Å². The minimum atomic E-state index is -0.473. The summed E-state index contributed by atoms with van der Waals surface area (Å²) in [4.78, 5) is 0. The molecule has 3 heteroatoms. The van der Waals surface area contributed by atoms with Crippen LogP contribution in [0.2, 0.25) is 0 Å². The minimum Gasteiger partial charge on any atom is -0.457 e. The van der Waals surface area contributed by atoms with E-state index in [1.807, 2.05) is 24.3 Å². The molecule has 0 saturated heterocycles. The monoisotopic (exact) mass is 490 g/mol. The van der Waals surface area contributed by atoms with Crippen LogP contribution in [0.25, 0.3) is 0 Å². The molecule has 0 bridgehead atoms. The second kappa shape index (κ2) is 6.91. The number of halogens is 2. The van der Waals surface area contributed by atoms with E-state index in [0.29, 0.717) is 0 Å². The lowest BCUT2D eigenvalue weighted by molar-refractivity contribution is 0.434. The smallest absolute Gasteiger partial charge is 0.132 e. The van der Waals surface area contributed by atoms with Crippen molar-refractivity contribution in [3.63, 3.8) is 0 Å². The third-order valence-electron chi connectivity index (χ3n) is 5.32. The van der Waals surface area contributed by atoms with E-state index in [9.17, 15) is 0 Å². The molecule has 0 radical (unpaired) electrons. The highest BCUT2D eigenvalue weighted by Gasteiger charge is 2.45. The second-order valence-electron chi connectivity index (χ2n) is 6.87. The van der Waals surface area contributed by atoms with Gasteiger partial charge in [-0.1, -0.05) is 92.5 Å². The summed E-state index contributed by atoms with van der Waals surface area (Å²) in [5.74, 6) is 1.76. The van der Waals surface area contributed by atoms with Crippen LogP contribution in [-0.4, -0.2) is 0 Å². The maximum Gasteiger partial charge on any atom is 0.132 e. The van der Waals surface area contributed by atoms with Gasteiger partial charge in [-0.25, -0.2) is 0 Å². The molecule has 0 N–H and O–H groups in total. The molecule has 1 aliphatic rings. The number of rotatable bonds is 2. The molecule has 1 heterocycles. The lowest BCUT2D eigenvalue weighted by Crippen LogP contribution is -2.34. The highest BCUT2D eigenvalue weighted by Crippen LogP contribution is 2.56. The van der Waals surface area contributed by atoms with Gasteiger partial charge < -0.3 is 4.74 Å². The summed E-state index contributed by atoms with van der Waals surface area (Å²) in [7, 11) is 0. The molecule has 4 aromatic carbocycles.